The lowest BCUT2D eigenvalue weighted by atomic mass is 10.2. The van der Waals surface area contributed by atoms with Gasteiger partial charge in [0.1, 0.15) is 5.75 Å². The molecule has 0 bridgehead atoms. The summed E-state index contributed by atoms with van der Waals surface area (Å²) in [7, 11) is -1.15. The quantitative estimate of drug-likeness (QED) is 0.405. The topological polar surface area (TPSA) is 109 Å². The van der Waals surface area contributed by atoms with E-state index in [0.717, 1.165) is 0 Å². The van der Waals surface area contributed by atoms with Gasteiger partial charge in [-0.25, -0.2) is 13.2 Å². The average molecular weight is 450 g/mol. The van der Waals surface area contributed by atoms with Gasteiger partial charge in [0.2, 0.25) is 15.7 Å². The number of carbonyl (C=O) groups is 1. The van der Waals surface area contributed by atoms with Crippen LogP contribution in [0.15, 0.2) is 87.1 Å². The molecular formula is C23H18N2O6S. The van der Waals surface area contributed by atoms with E-state index in [1.807, 2.05) is 12.1 Å². The van der Waals surface area contributed by atoms with Crippen LogP contribution in [-0.4, -0.2) is 38.7 Å². The molecule has 0 aliphatic carbocycles. The molecule has 0 N–H and O–H groups in total. The van der Waals surface area contributed by atoms with E-state index < -0.39 is 15.8 Å². The third kappa shape index (κ3) is 3.85. The fourth-order valence-corrected chi connectivity index (χ4v) is 4.62. The van der Waals surface area contributed by atoms with E-state index in [1.165, 1.54) is 44.6 Å². The number of methoxy groups -OCH3 is 2. The molecule has 0 amide bonds. The van der Waals surface area contributed by atoms with Crippen LogP contribution in [-0.2, 0) is 14.6 Å². The number of hydrogen-bond acceptors (Lipinski definition) is 8. The van der Waals surface area contributed by atoms with Crippen molar-refractivity contribution in [2.24, 2.45) is 0 Å². The van der Waals surface area contributed by atoms with Gasteiger partial charge in [0.25, 0.3) is 5.89 Å². The molecule has 3 aromatic carbocycles. The maximum absolute atomic E-state index is 13.3. The lowest BCUT2D eigenvalue weighted by Gasteiger charge is -2.08. The number of para-hydroxylation sites is 1. The molecule has 1 aromatic heterocycles. The van der Waals surface area contributed by atoms with Gasteiger partial charge in [-0.05, 0) is 48.5 Å². The molecule has 0 unspecified atom stereocenters. The van der Waals surface area contributed by atoms with Crippen molar-refractivity contribution in [3.63, 3.8) is 0 Å². The molecule has 0 aliphatic rings. The van der Waals surface area contributed by atoms with Crippen LogP contribution < -0.4 is 4.74 Å². The fourth-order valence-electron chi connectivity index (χ4n) is 3.16. The van der Waals surface area contributed by atoms with Crippen LogP contribution in [0.4, 0.5) is 0 Å². The highest BCUT2D eigenvalue weighted by atomic mass is 32.2. The molecule has 0 saturated heterocycles. The van der Waals surface area contributed by atoms with Gasteiger partial charge in [-0.1, -0.05) is 29.4 Å². The Hall–Kier alpha value is -3.98. The molecule has 0 aliphatic heterocycles. The number of rotatable bonds is 6. The third-order valence-electron chi connectivity index (χ3n) is 4.77. The van der Waals surface area contributed by atoms with E-state index in [1.54, 1.807) is 30.3 Å². The SMILES string of the molecule is COC(=O)c1ccc(S(=O)(=O)c2ccccc2-c2nc(-c3ccccc3OC)no2)cc1. The average Bonchev–Trinajstić information content (AvgIpc) is 3.33. The lowest BCUT2D eigenvalue weighted by Crippen LogP contribution is -2.06. The summed E-state index contributed by atoms with van der Waals surface area (Å²) in [5, 5.41) is 4.00. The van der Waals surface area contributed by atoms with Crippen LogP contribution in [0.2, 0.25) is 0 Å². The van der Waals surface area contributed by atoms with Gasteiger partial charge in [0.05, 0.1) is 40.7 Å². The van der Waals surface area contributed by atoms with Crippen molar-refractivity contribution < 1.29 is 27.2 Å². The monoisotopic (exact) mass is 450 g/mol. The number of aromatic nitrogens is 2. The highest BCUT2D eigenvalue weighted by Gasteiger charge is 2.25. The smallest absolute Gasteiger partial charge is 0.337 e. The van der Waals surface area contributed by atoms with Crippen LogP contribution in [0, 0.1) is 0 Å². The van der Waals surface area contributed by atoms with Crippen LogP contribution in [0.5, 0.6) is 5.75 Å². The van der Waals surface area contributed by atoms with Crippen LogP contribution in [0.3, 0.4) is 0 Å². The summed E-state index contributed by atoms with van der Waals surface area (Å²) in [4.78, 5) is 16.0. The van der Waals surface area contributed by atoms with Gasteiger partial charge in [-0.3, -0.25) is 0 Å². The van der Waals surface area contributed by atoms with Crippen LogP contribution in [0.1, 0.15) is 10.4 Å². The minimum Gasteiger partial charge on any atom is -0.496 e. The molecule has 0 radical (unpaired) electrons. The number of esters is 1. The molecule has 1 heterocycles. The Morgan fingerprint density at radius 1 is 0.875 bits per heavy atom. The zero-order chi connectivity index (χ0) is 22.7. The van der Waals surface area contributed by atoms with Crippen molar-refractivity contribution in [3.8, 4) is 28.6 Å². The summed E-state index contributed by atoms with van der Waals surface area (Å²) in [6.45, 7) is 0. The number of nitrogens with zero attached hydrogens (tertiary/aromatic N) is 2. The number of benzene rings is 3. The zero-order valence-electron chi connectivity index (χ0n) is 17.2. The molecular weight excluding hydrogens is 432 g/mol. The van der Waals surface area contributed by atoms with Gasteiger partial charge >= 0.3 is 5.97 Å². The summed E-state index contributed by atoms with van der Waals surface area (Å²) in [5.41, 5.74) is 1.13. The zero-order valence-corrected chi connectivity index (χ0v) is 18.0. The molecule has 4 aromatic rings. The normalized spacial score (nSPS) is 11.2. The van der Waals surface area contributed by atoms with E-state index in [0.29, 0.717) is 11.3 Å². The molecule has 0 atom stereocenters. The minimum atomic E-state index is -3.94. The van der Waals surface area contributed by atoms with E-state index in [4.69, 9.17) is 9.26 Å². The van der Waals surface area contributed by atoms with E-state index >= 15 is 0 Å². The number of ether oxygens (including phenoxy) is 2. The van der Waals surface area contributed by atoms with Crippen molar-refractivity contribution in [1.29, 1.82) is 0 Å². The van der Waals surface area contributed by atoms with E-state index in [-0.39, 0.29) is 32.6 Å². The highest BCUT2D eigenvalue weighted by Crippen LogP contribution is 2.33. The van der Waals surface area contributed by atoms with Crippen molar-refractivity contribution in [1.82, 2.24) is 10.1 Å². The van der Waals surface area contributed by atoms with Gasteiger partial charge in [0, 0.05) is 0 Å². The van der Waals surface area contributed by atoms with E-state index in [9.17, 15) is 13.2 Å². The molecule has 0 saturated carbocycles. The van der Waals surface area contributed by atoms with Crippen LogP contribution in [0.25, 0.3) is 22.8 Å². The van der Waals surface area contributed by atoms with Crippen molar-refractivity contribution in [3.05, 3.63) is 78.4 Å². The molecule has 4 rings (SSSR count). The Labute approximate surface area is 184 Å². The Bertz CT molecular complexity index is 1380. The molecule has 0 spiro atoms. The lowest BCUT2D eigenvalue weighted by molar-refractivity contribution is 0.0600. The van der Waals surface area contributed by atoms with Gasteiger partial charge in [-0.15, -0.1) is 0 Å². The molecule has 32 heavy (non-hydrogen) atoms. The number of sulfone groups is 1. The number of hydrogen-bond donors (Lipinski definition) is 0. The molecule has 9 heteroatoms. The van der Waals surface area contributed by atoms with E-state index in [2.05, 4.69) is 14.9 Å². The predicted molar refractivity (Wildman–Crippen MR) is 115 cm³/mol. The first-order valence-corrected chi connectivity index (χ1v) is 10.9. The standard InChI is InChI=1S/C23H18N2O6S/c1-29-19-9-5-3-7-17(19)21-24-22(31-25-21)18-8-4-6-10-20(18)32(27,28)16-13-11-15(12-14-16)23(26)30-2/h3-14H,1-2H3. The second kappa shape index (κ2) is 8.64. The van der Waals surface area contributed by atoms with Crippen molar-refractivity contribution >= 4 is 15.8 Å². The Morgan fingerprint density at radius 2 is 1.53 bits per heavy atom. The summed E-state index contributed by atoms with van der Waals surface area (Å²) < 4.78 is 42.0. The van der Waals surface area contributed by atoms with Crippen molar-refractivity contribution in [2.75, 3.05) is 14.2 Å². The summed E-state index contributed by atoms with van der Waals surface area (Å²) in [6, 6.07) is 19.0. The fraction of sp³-hybridized carbons (Fsp3) is 0.0870. The Balaban J connectivity index is 1.76. The molecule has 8 nitrogen and oxygen atoms in total. The third-order valence-corrected chi connectivity index (χ3v) is 6.59. The van der Waals surface area contributed by atoms with Gasteiger partial charge < -0.3 is 14.0 Å². The molecule has 162 valence electrons. The van der Waals surface area contributed by atoms with Crippen molar-refractivity contribution in [2.45, 2.75) is 9.79 Å². The van der Waals surface area contributed by atoms with Gasteiger partial charge in [0.15, 0.2) is 0 Å². The second-order valence-electron chi connectivity index (χ2n) is 6.64. The first-order valence-electron chi connectivity index (χ1n) is 9.45. The maximum Gasteiger partial charge on any atom is 0.337 e. The summed E-state index contributed by atoms with van der Waals surface area (Å²) in [5.74, 6) is 0.332. The number of carbonyl (C=O) groups excluding carboxylic acids is 1. The van der Waals surface area contributed by atoms with Gasteiger partial charge in [-0.2, -0.15) is 4.98 Å². The Morgan fingerprint density at radius 3 is 2.22 bits per heavy atom. The van der Waals surface area contributed by atoms with Crippen LogP contribution >= 0.6 is 0 Å². The highest BCUT2D eigenvalue weighted by molar-refractivity contribution is 7.91. The second-order valence-corrected chi connectivity index (χ2v) is 8.56. The minimum absolute atomic E-state index is 0.000967. The summed E-state index contributed by atoms with van der Waals surface area (Å²) >= 11 is 0. The largest absolute Gasteiger partial charge is 0.496 e. The maximum atomic E-state index is 13.3. The first kappa shape index (κ1) is 21.3. The summed E-state index contributed by atoms with van der Waals surface area (Å²) in [6.07, 6.45) is 0. The predicted octanol–water partition coefficient (Wildman–Crippen LogP) is 4.03. The first-order chi connectivity index (χ1) is 15.5. The molecule has 0 fully saturated rings. The Kier molecular flexibility index (Phi) is 5.74.